The maximum Gasteiger partial charge on any atom is 0.271 e. The van der Waals surface area contributed by atoms with Gasteiger partial charge in [-0.15, -0.1) is 23.1 Å². The third kappa shape index (κ3) is 4.95. The van der Waals surface area contributed by atoms with Crippen molar-refractivity contribution >= 4 is 62.0 Å². The number of thiophene rings is 1. The van der Waals surface area contributed by atoms with Gasteiger partial charge in [-0.25, -0.2) is 8.42 Å². The summed E-state index contributed by atoms with van der Waals surface area (Å²) in [7, 11) is -3.64. The molecule has 1 amide bonds. The van der Waals surface area contributed by atoms with Gasteiger partial charge in [-0.2, -0.15) is 0 Å². The van der Waals surface area contributed by atoms with Crippen LogP contribution in [0, 0.1) is 0 Å². The zero-order valence-electron chi connectivity index (χ0n) is 19.4. The van der Waals surface area contributed by atoms with E-state index in [4.69, 9.17) is 0 Å². The van der Waals surface area contributed by atoms with Crippen LogP contribution in [0.4, 0.5) is 11.4 Å². The predicted molar refractivity (Wildman–Crippen MR) is 145 cm³/mol. The summed E-state index contributed by atoms with van der Waals surface area (Å²) in [6, 6.07) is 21.4. The number of hydrogen-bond acceptors (Lipinski definition) is 7. The Kier molecular flexibility index (Phi) is 6.72. The van der Waals surface area contributed by atoms with Crippen molar-refractivity contribution in [2.24, 2.45) is 0 Å². The summed E-state index contributed by atoms with van der Waals surface area (Å²) in [5.41, 5.74) is 1.84. The molecule has 3 aromatic carbocycles. The lowest BCUT2D eigenvalue weighted by Gasteiger charge is -2.21. The Morgan fingerprint density at radius 3 is 2.19 bits per heavy atom. The highest BCUT2D eigenvalue weighted by Gasteiger charge is 2.32. The number of fused-ring (bicyclic) bond motifs is 2. The average Bonchev–Trinajstić information content (AvgIpc) is 3.44. The minimum atomic E-state index is -3.64. The van der Waals surface area contributed by atoms with E-state index in [0.29, 0.717) is 22.5 Å². The van der Waals surface area contributed by atoms with Gasteiger partial charge in [0.1, 0.15) is 4.21 Å². The zero-order valence-corrected chi connectivity index (χ0v) is 21.9. The third-order valence-corrected chi connectivity index (χ3v) is 9.65. The van der Waals surface area contributed by atoms with Crippen molar-refractivity contribution in [2.75, 3.05) is 10.0 Å². The van der Waals surface area contributed by atoms with Gasteiger partial charge < -0.3 is 5.32 Å². The average molecular weight is 549 g/mol. The largest absolute Gasteiger partial charge is 0.324 e. The van der Waals surface area contributed by atoms with Crippen molar-refractivity contribution in [3.63, 3.8) is 0 Å². The molecule has 1 heterocycles. The first-order chi connectivity index (χ1) is 17.7. The van der Waals surface area contributed by atoms with Crippen LogP contribution in [0.2, 0.25) is 0 Å². The van der Waals surface area contributed by atoms with E-state index in [-0.39, 0.29) is 32.8 Å². The fourth-order valence-electron chi connectivity index (χ4n) is 3.96. The van der Waals surface area contributed by atoms with E-state index < -0.39 is 15.3 Å². The van der Waals surface area contributed by atoms with Gasteiger partial charge in [0.15, 0.2) is 11.6 Å². The molecule has 0 saturated heterocycles. The molecule has 0 aliphatic heterocycles. The number of anilines is 2. The fraction of sp³-hybridized carbons (Fsp3) is 0.0741. The molecule has 1 aromatic heterocycles. The third-order valence-electron chi connectivity index (χ3n) is 5.76. The molecule has 1 unspecified atom stereocenters. The van der Waals surface area contributed by atoms with Crippen molar-refractivity contribution in [1.82, 2.24) is 0 Å². The number of amides is 1. The number of benzene rings is 3. The molecule has 0 bridgehead atoms. The molecule has 7 nitrogen and oxygen atoms in total. The Balaban J connectivity index is 1.28. The molecule has 0 spiro atoms. The number of nitrogens with one attached hydrogen (secondary N) is 2. The van der Waals surface area contributed by atoms with Crippen molar-refractivity contribution in [3.8, 4) is 0 Å². The van der Waals surface area contributed by atoms with Crippen molar-refractivity contribution in [3.05, 3.63) is 106 Å². The lowest BCUT2D eigenvalue weighted by Crippen LogP contribution is -2.27. The minimum absolute atomic E-state index is 0.194. The van der Waals surface area contributed by atoms with Gasteiger partial charge in [-0.3, -0.25) is 19.1 Å². The SMILES string of the molecule is CC(Sc1ccc(NS(=O)(=O)c2cccs2)cc1)C(=O)Nc1cccc2c1C(=O)c1ccccc1C2=O. The molecule has 2 N–H and O–H groups in total. The molecule has 37 heavy (non-hydrogen) atoms. The second-order valence-corrected chi connectivity index (χ2v) is 12.5. The first-order valence-electron chi connectivity index (χ1n) is 11.2. The van der Waals surface area contributed by atoms with Crippen LogP contribution in [-0.2, 0) is 14.8 Å². The summed E-state index contributed by atoms with van der Waals surface area (Å²) in [6.07, 6.45) is 0. The lowest BCUT2D eigenvalue weighted by atomic mass is 9.83. The highest BCUT2D eigenvalue weighted by atomic mass is 32.2. The summed E-state index contributed by atoms with van der Waals surface area (Å²) in [4.78, 5) is 39.9. The van der Waals surface area contributed by atoms with Crippen LogP contribution >= 0.6 is 23.1 Å². The smallest absolute Gasteiger partial charge is 0.271 e. The van der Waals surface area contributed by atoms with E-state index in [1.807, 2.05) is 0 Å². The molecular weight excluding hydrogens is 529 g/mol. The maximum absolute atomic E-state index is 13.2. The van der Waals surface area contributed by atoms with Gasteiger partial charge in [0.25, 0.3) is 10.0 Å². The molecule has 1 aliphatic carbocycles. The van der Waals surface area contributed by atoms with E-state index in [2.05, 4.69) is 10.0 Å². The number of ketones is 2. The minimum Gasteiger partial charge on any atom is -0.324 e. The Bertz CT molecular complexity index is 1630. The Labute approximate surface area is 222 Å². The van der Waals surface area contributed by atoms with Crippen LogP contribution in [0.3, 0.4) is 0 Å². The number of carbonyl (C=O) groups is 3. The van der Waals surface area contributed by atoms with Gasteiger partial charge in [0.05, 0.1) is 16.5 Å². The fourth-order valence-corrected chi connectivity index (χ4v) is 6.88. The quantitative estimate of drug-likeness (QED) is 0.262. The summed E-state index contributed by atoms with van der Waals surface area (Å²) in [5.74, 6) is -0.888. The standard InChI is InChI=1S/C27H20N2O5S3/c1-16(36-18-13-11-17(12-14-18)29-37(33,34)23-10-5-15-35-23)27(32)28-22-9-4-8-21-24(22)26(31)20-7-3-2-6-19(20)25(21)30/h2-16,29H,1H3,(H,28,32). The molecule has 1 aliphatic rings. The molecule has 186 valence electrons. The Morgan fingerprint density at radius 1 is 0.838 bits per heavy atom. The highest BCUT2D eigenvalue weighted by Crippen LogP contribution is 2.33. The van der Waals surface area contributed by atoms with Crippen LogP contribution in [0.5, 0.6) is 0 Å². The molecule has 0 saturated carbocycles. The van der Waals surface area contributed by atoms with Crippen molar-refractivity contribution in [2.45, 2.75) is 21.3 Å². The van der Waals surface area contributed by atoms with Gasteiger partial charge in [0, 0.05) is 27.3 Å². The molecule has 1 atom stereocenters. The maximum atomic E-state index is 13.2. The summed E-state index contributed by atoms with van der Waals surface area (Å²) in [6.45, 7) is 1.73. The van der Waals surface area contributed by atoms with E-state index in [1.165, 1.54) is 17.8 Å². The normalized spacial score (nSPS) is 13.4. The van der Waals surface area contributed by atoms with E-state index in [1.54, 1.807) is 85.1 Å². The predicted octanol–water partition coefficient (Wildman–Crippen LogP) is 5.44. The van der Waals surface area contributed by atoms with Crippen LogP contribution in [-0.4, -0.2) is 31.1 Å². The summed E-state index contributed by atoms with van der Waals surface area (Å²) in [5, 5.41) is 3.96. The lowest BCUT2D eigenvalue weighted by molar-refractivity contribution is -0.115. The van der Waals surface area contributed by atoms with Crippen LogP contribution in [0.15, 0.2) is 93.3 Å². The Hall–Kier alpha value is -3.73. The first-order valence-corrected chi connectivity index (χ1v) is 14.4. The van der Waals surface area contributed by atoms with E-state index >= 15 is 0 Å². The van der Waals surface area contributed by atoms with Crippen LogP contribution in [0.1, 0.15) is 38.8 Å². The molecular formula is C27H20N2O5S3. The summed E-state index contributed by atoms with van der Waals surface area (Å²) >= 11 is 2.41. The number of sulfonamides is 1. The number of thioether (sulfide) groups is 1. The second kappa shape index (κ2) is 9.97. The molecule has 0 fully saturated rings. The van der Waals surface area contributed by atoms with Gasteiger partial charge in [0.2, 0.25) is 5.91 Å². The van der Waals surface area contributed by atoms with Gasteiger partial charge in [-0.05, 0) is 48.7 Å². The number of rotatable bonds is 7. The number of carbonyl (C=O) groups excluding carboxylic acids is 3. The topological polar surface area (TPSA) is 109 Å². The van der Waals surface area contributed by atoms with Crippen molar-refractivity contribution in [1.29, 1.82) is 0 Å². The molecule has 0 radical (unpaired) electrons. The molecule has 5 rings (SSSR count). The van der Waals surface area contributed by atoms with E-state index in [9.17, 15) is 22.8 Å². The molecule has 10 heteroatoms. The summed E-state index contributed by atoms with van der Waals surface area (Å²) < 4.78 is 27.6. The van der Waals surface area contributed by atoms with Crippen LogP contribution in [0.25, 0.3) is 0 Å². The highest BCUT2D eigenvalue weighted by molar-refractivity contribution is 8.00. The van der Waals surface area contributed by atoms with Crippen LogP contribution < -0.4 is 10.0 Å². The van der Waals surface area contributed by atoms with Gasteiger partial charge in [-0.1, -0.05) is 42.5 Å². The number of hydrogen-bond donors (Lipinski definition) is 2. The monoisotopic (exact) mass is 548 g/mol. The first kappa shape index (κ1) is 24.9. The zero-order chi connectivity index (χ0) is 26.2. The second-order valence-electron chi connectivity index (χ2n) is 8.24. The van der Waals surface area contributed by atoms with Crippen molar-refractivity contribution < 1.29 is 22.8 Å². The van der Waals surface area contributed by atoms with E-state index in [0.717, 1.165) is 16.2 Å². The van der Waals surface area contributed by atoms with Gasteiger partial charge >= 0.3 is 0 Å². The Morgan fingerprint density at radius 2 is 1.51 bits per heavy atom. The molecule has 4 aromatic rings.